The summed E-state index contributed by atoms with van der Waals surface area (Å²) in [4.78, 5) is 13.3. The fraction of sp³-hybridized carbons (Fsp3) is 0.588. The number of rotatable bonds is 2. The van der Waals surface area contributed by atoms with Crippen molar-refractivity contribution in [1.29, 1.82) is 0 Å². The molecule has 116 valence electrons. The van der Waals surface area contributed by atoms with Crippen molar-refractivity contribution in [2.75, 3.05) is 0 Å². The van der Waals surface area contributed by atoms with E-state index in [4.69, 9.17) is 0 Å². The van der Waals surface area contributed by atoms with E-state index in [1.54, 1.807) is 0 Å². The fourth-order valence-electron chi connectivity index (χ4n) is 3.90. The minimum absolute atomic E-state index is 0.0173. The fourth-order valence-corrected chi connectivity index (χ4v) is 4.53. The molecule has 1 amide bonds. The molecular formula is C17H24BrNOS. The molecule has 0 spiro atoms. The third-order valence-corrected chi connectivity index (χ3v) is 5.05. The molecule has 0 radical (unpaired) electrons. The molecule has 0 bridgehead atoms. The molecule has 4 heteroatoms. The molecule has 0 unspecified atom stereocenters. The zero-order valence-corrected chi connectivity index (χ0v) is 15.6. The number of hydrogen-bond acceptors (Lipinski definition) is 2. The van der Waals surface area contributed by atoms with Crippen LogP contribution in [0.15, 0.2) is 27.6 Å². The van der Waals surface area contributed by atoms with Gasteiger partial charge in [-0.25, -0.2) is 0 Å². The molecule has 0 heterocycles. The lowest BCUT2D eigenvalue weighted by atomic mass is 9.63. The van der Waals surface area contributed by atoms with Crippen LogP contribution >= 0.6 is 28.6 Å². The second-order valence-corrected chi connectivity index (χ2v) is 9.12. The summed E-state index contributed by atoms with van der Waals surface area (Å²) in [5.74, 6) is -0.0173. The maximum atomic E-state index is 12.5. The van der Waals surface area contributed by atoms with Crippen LogP contribution in [-0.2, 0) is 0 Å². The number of halogens is 1. The number of carbonyl (C=O) groups excluding carboxylic acids is 1. The Morgan fingerprint density at radius 1 is 1.24 bits per heavy atom. The number of thiol groups is 1. The number of carbonyl (C=O) groups is 1. The highest BCUT2D eigenvalue weighted by atomic mass is 79.9. The third kappa shape index (κ3) is 4.49. The largest absolute Gasteiger partial charge is 0.349 e. The minimum Gasteiger partial charge on any atom is -0.349 e. The molecule has 0 aromatic heterocycles. The molecule has 1 aliphatic rings. The molecule has 0 atom stereocenters. The summed E-state index contributed by atoms with van der Waals surface area (Å²) in [6, 6.07) is 5.77. The van der Waals surface area contributed by atoms with Gasteiger partial charge in [0.05, 0.1) is 5.56 Å². The van der Waals surface area contributed by atoms with Gasteiger partial charge in [0, 0.05) is 15.4 Å². The van der Waals surface area contributed by atoms with Gasteiger partial charge in [-0.1, -0.05) is 27.7 Å². The Balaban J connectivity index is 2.14. The van der Waals surface area contributed by atoms with Crippen molar-refractivity contribution < 1.29 is 4.79 Å². The molecule has 2 nitrogen and oxygen atoms in total. The lowest BCUT2D eigenvalue weighted by molar-refractivity contribution is 0.0713. The molecule has 1 fully saturated rings. The van der Waals surface area contributed by atoms with Crippen LogP contribution in [0.3, 0.4) is 0 Å². The van der Waals surface area contributed by atoms with Crippen LogP contribution in [0.5, 0.6) is 0 Å². The first-order valence-electron chi connectivity index (χ1n) is 7.37. The molecule has 1 aromatic rings. The van der Waals surface area contributed by atoms with Crippen molar-refractivity contribution in [2.24, 2.45) is 10.8 Å². The van der Waals surface area contributed by atoms with E-state index >= 15 is 0 Å². The van der Waals surface area contributed by atoms with Gasteiger partial charge in [-0.3, -0.25) is 4.79 Å². The highest BCUT2D eigenvalue weighted by Crippen LogP contribution is 2.45. The van der Waals surface area contributed by atoms with E-state index in [1.807, 2.05) is 18.2 Å². The van der Waals surface area contributed by atoms with Crippen LogP contribution in [-0.4, -0.2) is 11.9 Å². The number of benzene rings is 1. The molecule has 1 aliphatic carbocycles. The average molecular weight is 370 g/mol. The number of amides is 1. The zero-order chi connectivity index (χ0) is 15.8. The van der Waals surface area contributed by atoms with E-state index in [9.17, 15) is 4.79 Å². The normalized spacial score (nSPS) is 21.0. The van der Waals surface area contributed by atoms with E-state index < -0.39 is 0 Å². The Kier molecular flexibility index (Phi) is 4.79. The van der Waals surface area contributed by atoms with E-state index in [-0.39, 0.29) is 22.8 Å². The van der Waals surface area contributed by atoms with Gasteiger partial charge in [0.1, 0.15) is 0 Å². The van der Waals surface area contributed by atoms with E-state index in [2.05, 4.69) is 61.6 Å². The van der Waals surface area contributed by atoms with Gasteiger partial charge in [0.2, 0.25) is 0 Å². The number of hydrogen-bond donors (Lipinski definition) is 2. The summed E-state index contributed by atoms with van der Waals surface area (Å²) in [6.45, 7) is 9.16. The van der Waals surface area contributed by atoms with Gasteiger partial charge in [-0.05, 0) is 64.2 Å². The summed E-state index contributed by atoms with van der Waals surface area (Å²) in [5.41, 5.74) is 1.19. The van der Waals surface area contributed by atoms with Gasteiger partial charge in [-0.15, -0.1) is 12.6 Å². The standard InChI is InChI=1S/C17H24BrNOS/c1-16(2)8-11(9-17(3,4)10-16)19-15(20)13-7-12(21)5-6-14(13)18/h5-7,11,21H,8-10H2,1-4H3,(H,19,20). The van der Waals surface area contributed by atoms with Crippen molar-refractivity contribution in [3.8, 4) is 0 Å². The van der Waals surface area contributed by atoms with E-state index in [0.29, 0.717) is 5.56 Å². The first-order chi connectivity index (χ1) is 9.58. The van der Waals surface area contributed by atoms with Gasteiger partial charge < -0.3 is 5.32 Å². The summed E-state index contributed by atoms with van der Waals surface area (Å²) < 4.78 is 0.812. The van der Waals surface area contributed by atoms with Crippen molar-refractivity contribution in [3.63, 3.8) is 0 Å². The molecule has 0 aliphatic heterocycles. The second kappa shape index (κ2) is 5.96. The monoisotopic (exact) mass is 369 g/mol. The Labute approximate surface area is 141 Å². The van der Waals surface area contributed by atoms with Crippen LogP contribution in [0.2, 0.25) is 0 Å². The van der Waals surface area contributed by atoms with Gasteiger partial charge >= 0.3 is 0 Å². The van der Waals surface area contributed by atoms with E-state index in [0.717, 1.165) is 22.2 Å². The Morgan fingerprint density at radius 3 is 2.38 bits per heavy atom. The topological polar surface area (TPSA) is 29.1 Å². The van der Waals surface area contributed by atoms with Crippen molar-refractivity contribution in [1.82, 2.24) is 5.32 Å². The molecule has 1 aromatic carbocycles. The maximum Gasteiger partial charge on any atom is 0.252 e. The molecular weight excluding hydrogens is 346 g/mol. The second-order valence-electron chi connectivity index (χ2n) is 7.75. The van der Waals surface area contributed by atoms with E-state index in [1.165, 1.54) is 6.42 Å². The summed E-state index contributed by atoms with van der Waals surface area (Å²) in [6.07, 6.45) is 3.25. The minimum atomic E-state index is -0.0173. The lowest BCUT2D eigenvalue weighted by Gasteiger charge is -2.45. The van der Waals surface area contributed by atoms with Gasteiger partial charge in [-0.2, -0.15) is 0 Å². The maximum absolute atomic E-state index is 12.5. The quantitative estimate of drug-likeness (QED) is 0.699. The van der Waals surface area contributed by atoms with Crippen LogP contribution < -0.4 is 5.32 Å². The predicted molar refractivity (Wildman–Crippen MR) is 94.1 cm³/mol. The van der Waals surface area contributed by atoms with Crippen LogP contribution in [0.1, 0.15) is 57.3 Å². The Morgan fingerprint density at radius 2 is 1.81 bits per heavy atom. The molecule has 21 heavy (non-hydrogen) atoms. The van der Waals surface area contributed by atoms with Crippen molar-refractivity contribution in [2.45, 2.75) is 57.9 Å². The average Bonchev–Trinajstić information content (AvgIpc) is 2.27. The third-order valence-electron chi connectivity index (χ3n) is 4.08. The molecule has 0 saturated heterocycles. The summed E-state index contributed by atoms with van der Waals surface area (Å²) >= 11 is 7.76. The van der Waals surface area contributed by atoms with Gasteiger partial charge in [0.15, 0.2) is 0 Å². The summed E-state index contributed by atoms with van der Waals surface area (Å²) in [5, 5.41) is 3.21. The highest BCUT2D eigenvalue weighted by molar-refractivity contribution is 9.10. The van der Waals surface area contributed by atoms with Crippen molar-refractivity contribution >= 4 is 34.5 Å². The first kappa shape index (κ1) is 16.9. The molecule has 1 N–H and O–H groups in total. The SMILES string of the molecule is CC1(C)CC(NC(=O)c2cc(S)ccc2Br)CC(C)(C)C1. The van der Waals surface area contributed by atoms with Gasteiger partial charge in [0.25, 0.3) is 5.91 Å². The zero-order valence-electron chi connectivity index (χ0n) is 13.2. The van der Waals surface area contributed by atoms with Crippen LogP contribution in [0.4, 0.5) is 0 Å². The summed E-state index contributed by atoms with van der Waals surface area (Å²) in [7, 11) is 0. The van der Waals surface area contributed by atoms with Crippen LogP contribution in [0.25, 0.3) is 0 Å². The number of nitrogens with one attached hydrogen (secondary N) is 1. The predicted octanol–water partition coefficient (Wildman–Crippen LogP) is 5.07. The first-order valence-corrected chi connectivity index (χ1v) is 8.61. The van der Waals surface area contributed by atoms with Crippen LogP contribution in [0, 0.1) is 10.8 Å². The van der Waals surface area contributed by atoms with Crippen molar-refractivity contribution in [3.05, 3.63) is 28.2 Å². The Hall–Kier alpha value is -0.480. The lowest BCUT2D eigenvalue weighted by Crippen LogP contribution is -2.46. The smallest absolute Gasteiger partial charge is 0.252 e. The molecule has 1 saturated carbocycles. The molecule has 2 rings (SSSR count). The Bertz CT molecular complexity index is 538. The highest BCUT2D eigenvalue weighted by Gasteiger charge is 2.39.